The average Bonchev–Trinajstić information content (AvgIpc) is 2.42. The van der Waals surface area contributed by atoms with Crippen molar-refractivity contribution >= 4 is 33.3 Å². The zero-order valence-corrected chi connectivity index (χ0v) is 11.8. The second-order valence-corrected chi connectivity index (χ2v) is 4.66. The summed E-state index contributed by atoms with van der Waals surface area (Å²) in [6, 6.07) is 4.66. The van der Waals surface area contributed by atoms with Gasteiger partial charge in [0, 0.05) is 11.3 Å². The van der Waals surface area contributed by atoms with Crippen molar-refractivity contribution < 1.29 is 4.39 Å². The minimum Gasteiger partial charge on any atom is -0.340 e. The highest BCUT2D eigenvalue weighted by Gasteiger charge is 2.09. The quantitative estimate of drug-likeness (QED) is 0.595. The van der Waals surface area contributed by atoms with Crippen molar-refractivity contribution in [2.24, 2.45) is 5.84 Å². The zero-order chi connectivity index (χ0) is 13.8. The molecule has 1 aromatic heterocycles. The lowest BCUT2D eigenvalue weighted by atomic mass is 10.2. The Hall–Kier alpha value is -1.73. The van der Waals surface area contributed by atoms with Crippen LogP contribution < -0.4 is 16.6 Å². The molecule has 0 aliphatic rings. The Kier molecular flexibility index (Phi) is 4.28. The first-order valence-corrected chi connectivity index (χ1v) is 6.47. The number of hydrazine groups is 1. The molecule has 7 heteroatoms. The molecule has 5 nitrogen and oxygen atoms in total. The van der Waals surface area contributed by atoms with Crippen LogP contribution in [0.4, 0.5) is 21.7 Å². The second kappa shape index (κ2) is 5.94. The molecule has 0 saturated carbocycles. The summed E-state index contributed by atoms with van der Waals surface area (Å²) >= 11 is 3.14. The molecule has 2 aromatic rings. The summed E-state index contributed by atoms with van der Waals surface area (Å²) < 4.78 is 13.6. The number of nitrogens with one attached hydrogen (secondary N) is 2. The predicted molar refractivity (Wildman–Crippen MR) is 76.6 cm³/mol. The number of anilines is 3. The number of nitrogen functional groups attached to an aromatic ring is 1. The standard InChI is InChI=1S/C12H13BrFN5/c1-2-8-11(16-6-17-12(8)19-15)18-7-3-4-10(14)9(13)5-7/h3-6H,2,15H2,1H3,(H2,16,17,18,19). The Morgan fingerprint density at radius 3 is 2.68 bits per heavy atom. The summed E-state index contributed by atoms with van der Waals surface area (Å²) in [6.45, 7) is 1.98. The topological polar surface area (TPSA) is 75.9 Å². The van der Waals surface area contributed by atoms with Crippen LogP contribution in [0.3, 0.4) is 0 Å². The number of halogens is 2. The van der Waals surface area contributed by atoms with Gasteiger partial charge in [-0.3, -0.25) is 0 Å². The third kappa shape index (κ3) is 2.99. The average molecular weight is 326 g/mol. The number of nitrogens with zero attached hydrogens (tertiary/aromatic N) is 2. The van der Waals surface area contributed by atoms with E-state index in [0.717, 1.165) is 11.3 Å². The first-order chi connectivity index (χ1) is 9.15. The Morgan fingerprint density at radius 1 is 1.32 bits per heavy atom. The van der Waals surface area contributed by atoms with Gasteiger partial charge in [0.05, 0.1) is 4.47 Å². The van der Waals surface area contributed by atoms with E-state index in [9.17, 15) is 4.39 Å². The molecule has 0 amide bonds. The zero-order valence-electron chi connectivity index (χ0n) is 10.2. The van der Waals surface area contributed by atoms with Crippen molar-refractivity contribution in [1.29, 1.82) is 0 Å². The summed E-state index contributed by atoms with van der Waals surface area (Å²) in [7, 11) is 0. The monoisotopic (exact) mass is 325 g/mol. The lowest BCUT2D eigenvalue weighted by Gasteiger charge is -2.12. The van der Waals surface area contributed by atoms with Gasteiger partial charge >= 0.3 is 0 Å². The highest BCUT2D eigenvalue weighted by molar-refractivity contribution is 9.10. The number of nitrogens with two attached hydrogens (primary N) is 1. The summed E-state index contributed by atoms with van der Waals surface area (Å²) in [6.07, 6.45) is 2.13. The summed E-state index contributed by atoms with van der Waals surface area (Å²) in [4.78, 5) is 8.22. The van der Waals surface area contributed by atoms with Crippen molar-refractivity contribution in [3.8, 4) is 0 Å². The second-order valence-electron chi connectivity index (χ2n) is 3.80. The largest absolute Gasteiger partial charge is 0.340 e. The lowest BCUT2D eigenvalue weighted by molar-refractivity contribution is 0.621. The highest BCUT2D eigenvalue weighted by Crippen LogP contribution is 2.26. The number of aromatic nitrogens is 2. The van der Waals surface area contributed by atoms with Crippen LogP contribution in [-0.4, -0.2) is 9.97 Å². The molecule has 1 aromatic carbocycles. The fourth-order valence-corrected chi connectivity index (χ4v) is 2.07. The number of benzene rings is 1. The van der Waals surface area contributed by atoms with Gasteiger partial charge in [-0.05, 0) is 40.5 Å². The third-order valence-electron chi connectivity index (χ3n) is 2.62. The minimum atomic E-state index is -0.312. The van der Waals surface area contributed by atoms with Crippen LogP contribution in [0.15, 0.2) is 29.0 Å². The summed E-state index contributed by atoms with van der Waals surface area (Å²) in [5.74, 6) is 6.31. The normalized spacial score (nSPS) is 10.3. The van der Waals surface area contributed by atoms with Gasteiger partial charge < -0.3 is 10.7 Å². The molecule has 0 spiro atoms. The van der Waals surface area contributed by atoms with E-state index in [0.29, 0.717) is 22.5 Å². The maximum Gasteiger partial charge on any atom is 0.148 e. The van der Waals surface area contributed by atoms with Gasteiger partial charge in [0.2, 0.25) is 0 Å². The predicted octanol–water partition coefficient (Wildman–Crippen LogP) is 2.97. The molecule has 1 heterocycles. The molecule has 2 rings (SSSR count). The highest BCUT2D eigenvalue weighted by atomic mass is 79.9. The molecular formula is C12H13BrFN5. The Bertz CT molecular complexity index is 590. The van der Waals surface area contributed by atoms with Gasteiger partial charge in [0.15, 0.2) is 0 Å². The van der Waals surface area contributed by atoms with Crippen LogP contribution in [-0.2, 0) is 6.42 Å². The number of hydrogen-bond acceptors (Lipinski definition) is 5. The number of hydrogen-bond donors (Lipinski definition) is 3. The fraction of sp³-hybridized carbons (Fsp3) is 0.167. The molecule has 0 saturated heterocycles. The van der Waals surface area contributed by atoms with Gasteiger partial charge in [-0.1, -0.05) is 6.92 Å². The fourth-order valence-electron chi connectivity index (χ4n) is 1.69. The first-order valence-electron chi connectivity index (χ1n) is 5.68. The van der Waals surface area contributed by atoms with E-state index in [1.54, 1.807) is 12.1 Å². The van der Waals surface area contributed by atoms with E-state index in [2.05, 4.69) is 36.6 Å². The molecule has 0 fully saturated rings. The number of rotatable bonds is 4. The van der Waals surface area contributed by atoms with E-state index < -0.39 is 0 Å². The van der Waals surface area contributed by atoms with E-state index in [4.69, 9.17) is 5.84 Å². The Morgan fingerprint density at radius 2 is 2.05 bits per heavy atom. The minimum absolute atomic E-state index is 0.312. The summed E-state index contributed by atoms with van der Waals surface area (Å²) in [5, 5.41) is 3.12. The van der Waals surface area contributed by atoms with Crippen LogP contribution in [0.1, 0.15) is 12.5 Å². The molecule has 19 heavy (non-hydrogen) atoms. The third-order valence-corrected chi connectivity index (χ3v) is 3.23. The van der Waals surface area contributed by atoms with Gasteiger partial charge in [-0.2, -0.15) is 0 Å². The van der Waals surface area contributed by atoms with Gasteiger partial charge in [-0.25, -0.2) is 20.2 Å². The molecule has 4 N–H and O–H groups in total. The molecule has 0 radical (unpaired) electrons. The molecule has 0 unspecified atom stereocenters. The Labute approximate surface area is 118 Å². The molecule has 0 atom stereocenters. The van der Waals surface area contributed by atoms with E-state index in [1.165, 1.54) is 12.4 Å². The molecule has 100 valence electrons. The molecular weight excluding hydrogens is 313 g/mol. The maximum atomic E-state index is 13.2. The Balaban J connectivity index is 2.35. The molecule has 0 aliphatic carbocycles. The van der Waals surface area contributed by atoms with Crippen LogP contribution in [0.5, 0.6) is 0 Å². The van der Waals surface area contributed by atoms with Crippen molar-refractivity contribution in [1.82, 2.24) is 9.97 Å². The van der Waals surface area contributed by atoms with Crippen molar-refractivity contribution in [3.63, 3.8) is 0 Å². The smallest absolute Gasteiger partial charge is 0.148 e. The van der Waals surface area contributed by atoms with Gasteiger partial charge in [0.1, 0.15) is 23.8 Å². The lowest BCUT2D eigenvalue weighted by Crippen LogP contribution is -2.13. The van der Waals surface area contributed by atoms with Gasteiger partial charge in [-0.15, -0.1) is 0 Å². The van der Waals surface area contributed by atoms with E-state index in [-0.39, 0.29) is 5.82 Å². The molecule has 0 aliphatic heterocycles. The maximum absolute atomic E-state index is 13.2. The molecule has 0 bridgehead atoms. The first kappa shape index (κ1) is 13.7. The summed E-state index contributed by atoms with van der Waals surface area (Å²) in [5.41, 5.74) is 4.13. The SMILES string of the molecule is CCc1c(NN)ncnc1Nc1ccc(F)c(Br)c1. The van der Waals surface area contributed by atoms with E-state index >= 15 is 0 Å². The van der Waals surface area contributed by atoms with Crippen LogP contribution in [0.2, 0.25) is 0 Å². The van der Waals surface area contributed by atoms with Gasteiger partial charge in [0.25, 0.3) is 0 Å². The van der Waals surface area contributed by atoms with E-state index in [1.807, 2.05) is 6.92 Å². The van der Waals surface area contributed by atoms with Crippen molar-refractivity contribution in [2.75, 3.05) is 10.7 Å². The van der Waals surface area contributed by atoms with Crippen LogP contribution >= 0.6 is 15.9 Å². The van der Waals surface area contributed by atoms with Crippen LogP contribution in [0, 0.1) is 5.82 Å². The van der Waals surface area contributed by atoms with Crippen molar-refractivity contribution in [3.05, 3.63) is 40.4 Å². The van der Waals surface area contributed by atoms with Crippen LogP contribution in [0.25, 0.3) is 0 Å². The van der Waals surface area contributed by atoms with Crippen molar-refractivity contribution in [2.45, 2.75) is 13.3 Å².